The van der Waals surface area contributed by atoms with Crippen LogP contribution in [0.25, 0.3) is 0 Å². The number of phenolic OH excluding ortho intramolecular Hbond substituents is 1. The van der Waals surface area contributed by atoms with Crippen molar-refractivity contribution in [3.63, 3.8) is 0 Å². The highest BCUT2D eigenvalue weighted by molar-refractivity contribution is 7.13. The summed E-state index contributed by atoms with van der Waals surface area (Å²) in [5, 5.41) is 18.2. The number of carbonyl (C=O) groups excluding carboxylic acids is 1. The first kappa shape index (κ1) is 20.3. The highest BCUT2D eigenvalue weighted by Gasteiger charge is 2.30. The molecule has 0 aliphatic heterocycles. The van der Waals surface area contributed by atoms with Gasteiger partial charge in [0, 0.05) is 16.6 Å². The zero-order valence-electron chi connectivity index (χ0n) is 14.8. The largest absolute Gasteiger partial charge is 0.507 e. The van der Waals surface area contributed by atoms with Crippen molar-refractivity contribution in [2.45, 2.75) is 12.6 Å². The molecule has 0 unspecified atom stereocenters. The lowest BCUT2D eigenvalue weighted by Gasteiger charge is -2.08. The predicted octanol–water partition coefficient (Wildman–Crippen LogP) is 4.30. The number of benzene rings is 2. The number of nitrogens with zero attached hydrogens (tertiary/aromatic N) is 2. The van der Waals surface area contributed by atoms with Crippen molar-refractivity contribution in [2.75, 3.05) is 5.32 Å². The van der Waals surface area contributed by atoms with Crippen LogP contribution in [0.2, 0.25) is 0 Å². The number of thiazole rings is 1. The summed E-state index contributed by atoms with van der Waals surface area (Å²) in [4.78, 5) is 16.1. The zero-order valence-corrected chi connectivity index (χ0v) is 15.6. The average Bonchev–Trinajstić information content (AvgIpc) is 3.09. The quantitative estimate of drug-likeness (QED) is 0.410. The van der Waals surface area contributed by atoms with Crippen LogP contribution >= 0.6 is 11.3 Å². The Kier molecular flexibility index (Phi) is 6.13. The fraction of sp³-hybridized carbons (Fsp3) is 0.105. The highest BCUT2D eigenvalue weighted by atomic mass is 32.1. The molecule has 0 aliphatic rings. The lowest BCUT2D eigenvalue weighted by Crippen LogP contribution is -2.19. The Hall–Kier alpha value is -3.40. The monoisotopic (exact) mass is 420 g/mol. The Balaban J connectivity index is 1.56. The average molecular weight is 420 g/mol. The number of nitrogens with one attached hydrogen (secondary N) is 2. The molecule has 10 heteroatoms. The van der Waals surface area contributed by atoms with Gasteiger partial charge in [0.2, 0.25) is 5.91 Å². The molecule has 0 saturated heterocycles. The molecule has 29 heavy (non-hydrogen) atoms. The van der Waals surface area contributed by atoms with E-state index in [1.165, 1.54) is 35.8 Å². The summed E-state index contributed by atoms with van der Waals surface area (Å²) in [5.41, 5.74) is 2.71. The Morgan fingerprint density at radius 1 is 1.21 bits per heavy atom. The molecule has 3 aromatic rings. The molecule has 3 rings (SSSR count). The highest BCUT2D eigenvalue weighted by Crippen LogP contribution is 2.31. The second-order valence-electron chi connectivity index (χ2n) is 5.88. The number of aromatic nitrogens is 1. The fourth-order valence-electron chi connectivity index (χ4n) is 2.32. The van der Waals surface area contributed by atoms with Crippen molar-refractivity contribution in [3.8, 4) is 5.75 Å². The lowest BCUT2D eigenvalue weighted by molar-refractivity contribution is -0.137. The van der Waals surface area contributed by atoms with E-state index in [9.17, 15) is 23.1 Å². The summed E-state index contributed by atoms with van der Waals surface area (Å²) in [6.07, 6.45) is -3.17. The van der Waals surface area contributed by atoms with Crippen molar-refractivity contribution in [1.82, 2.24) is 10.4 Å². The van der Waals surface area contributed by atoms with Crippen LogP contribution in [0.5, 0.6) is 5.75 Å². The molecule has 1 aromatic heterocycles. The number of carbonyl (C=O) groups is 1. The van der Waals surface area contributed by atoms with E-state index in [0.29, 0.717) is 16.4 Å². The van der Waals surface area contributed by atoms with Crippen LogP contribution in [0, 0.1) is 0 Å². The van der Waals surface area contributed by atoms with Gasteiger partial charge in [0.15, 0.2) is 5.13 Å². The minimum atomic E-state index is -4.43. The number of hydrazone groups is 1. The molecule has 0 aliphatic carbocycles. The smallest absolute Gasteiger partial charge is 0.416 e. The molecule has 0 atom stereocenters. The van der Waals surface area contributed by atoms with Gasteiger partial charge in [-0.2, -0.15) is 18.3 Å². The SMILES string of the molecule is O=C(Cc1csc(Nc2cccc(C(F)(F)F)c2)n1)N/N=C\c1ccccc1O. The van der Waals surface area contributed by atoms with E-state index in [-0.39, 0.29) is 17.9 Å². The second-order valence-corrected chi connectivity index (χ2v) is 6.73. The van der Waals surface area contributed by atoms with E-state index < -0.39 is 17.6 Å². The topological polar surface area (TPSA) is 86.6 Å². The molecule has 2 aromatic carbocycles. The van der Waals surface area contributed by atoms with E-state index in [1.807, 2.05) is 0 Å². The van der Waals surface area contributed by atoms with Crippen LogP contribution < -0.4 is 10.7 Å². The maximum Gasteiger partial charge on any atom is 0.416 e. The standard InChI is InChI=1S/C19H15F3N4O2S/c20-19(21,22)13-5-3-6-14(8-13)24-18-25-15(11-29-18)9-17(28)26-23-10-12-4-1-2-7-16(12)27/h1-8,10-11,27H,9H2,(H,24,25)(H,26,28)/b23-10-. The normalized spacial score (nSPS) is 11.6. The first-order valence-corrected chi connectivity index (χ1v) is 9.18. The third-order valence-corrected chi connectivity index (χ3v) is 4.47. The van der Waals surface area contributed by atoms with Gasteiger partial charge in [-0.05, 0) is 30.3 Å². The maximum absolute atomic E-state index is 12.8. The molecule has 150 valence electrons. The number of amides is 1. The van der Waals surface area contributed by atoms with Crippen molar-refractivity contribution in [1.29, 1.82) is 0 Å². The zero-order chi connectivity index (χ0) is 20.9. The minimum absolute atomic E-state index is 0.0373. The molecule has 6 nitrogen and oxygen atoms in total. The van der Waals surface area contributed by atoms with Gasteiger partial charge in [-0.15, -0.1) is 11.3 Å². The molecule has 0 fully saturated rings. The van der Waals surface area contributed by atoms with Gasteiger partial charge < -0.3 is 10.4 Å². The molecule has 0 radical (unpaired) electrons. The van der Waals surface area contributed by atoms with Crippen molar-refractivity contribution < 1.29 is 23.1 Å². The number of para-hydroxylation sites is 1. The molecular formula is C19H15F3N4O2S. The summed E-state index contributed by atoms with van der Waals surface area (Å²) in [6.45, 7) is 0. The Morgan fingerprint density at radius 3 is 2.76 bits per heavy atom. The first-order valence-electron chi connectivity index (χ1n) is 8.30. The van der Waals surface area contributed by atoms with Crippen LogP contribution in [0.4, 0.5) is 24.0 Å². The van der Waals surface area contributed by atoms with E-state index in [1.54, 1.807) is 23.6 Å². The van der Waals surface area contributed by atoms with Gasteiger partial charge in [-0.25, -0.2) is 10.4 Å². The number of aromatic hydroxyl groups is 1. The van der Waals surface area contributed by atoms with Gasteiger partial charge in [0.05, 0.1) is 23.9 Å². The number of rotatable bonds is 6. The van der Waals surface area contributed by atoms with Gasteiger partial charge in [0.1, 0.15) is 5.75 Å². The van der Waals surface area contributed by atoms with Crippen LogP contribution in [0.1, 0.15) is 16.8 Å². The molecule has 1 amide bonds. The fourth-order valence-corrected chi connectivity index (χ4v) is 3.05. The first-order chi connectivity index (χ1) is 13.8. The number of alkyl halides is 3. The number of halogens is 3. The number of phenols is 1. The molecular weight excluding hydrogens is 405 g/mol. The van der Waals surface area contributed by atoms with Gasteiger partial charge in [-0.1, -0.05) is 18.2 Å². The summed E-state index contributed by atoms with van der Waals surface area (Å²) in [6, 6.07) is 11.3. The Morgan fingerprint density at radius 2 is 2.00 bits per heavy atom. The van der Waals surface area contributed by atoms with Gasteiger partial charge in [-0.3, -0.25) is 4.79 Å². The van der Waals surface area contributed by atoms with E-state index in [2.05, 4.69) is 20.8 Å². The van der Waals surface area contributed by atoms with E-state index in [0.717, 1.165) is 12.1 Å². The molecule has 0 saturated carbocycles. The maximum atomic E-state index is 12.8. The van der Waals surface area contributed by atoms with Crippen LogP contribution in [-0.2, 0) is 17.4 Å². The van der Waals surface area contributed by atoms with Crippen molar-refractivity contribution in [2.24, 2.45) is 5.10 Å². The molecule has 3 N–H and O–H groups in total. The Bertz CT molecular complexity index is 1030. The van der Waals surface area contributed by atoms with Crippen LogP contribution in [0.3, 0.4) is 0 Å². The van der Waals surface area contributed by atoms with Gasteiger partial charge in [0.25, 0.3) is 0 Å². The van der Waals surface area contributed by atoms with Crippen molar-refractivity contribution in [3.05, 3.63) is 70.7 Å². The third-order valence-electron chi connectivity index (χ3n) is 3.66. The lowest BCUT2D eigenvalue weighted by atomic mass is 10.2. The summed E-state index contributed by atoms with van der Waals surface area (Å²) in [5.74, 6) is -0.386. The Labute approximate surface area is 167 Å². The van der Waals surface area contributed by atoms with Crippen LogP contribution in [0.15, 0.2) is 59.0 Å². The molecule has 0 bridgehead atoms. The predicted molar refractivity (Wildman–Crippen MR) is 104 cm³/mol. The van der Waals surface area contributed by atoms with Gasteiger partial charge >= 0.3 is 6.18 Å². The van der Waals surface area contributed by atoms with Crippen molar-refractivity contribution >= 4 is 34.3 Å². The number of hydrogen-bond donors (Lipinski definition) is 3. The number of anilines is 2. The third kappa shape index (κ3) is 5.79. The minimum Gasteiger partial charge on any atom is -0.507 e. The van der Waals surface area contributed by atoms with Crippen LogP contribution in [-0.4, -0.2) is 22.2 Å². The second kappa shape index (κ2) is 8.74. The van der Waals surface area contributed by atoms with E-state index in [4.69, 9.17) is 0 Å². The van der Waals surface area contributed by atoms with E-state index >= 15 is 0 Å². The summed E-state index contributed by atoms with van der Waals surface area (Å²) >= 11 is 1.17. The summed E-state index contributed by atoms with van der Waals surface area (Å²) < 4.78 is 38.3. The number of hydrogen-bond acceptors (Lipinski definition) is 6. The summed E-state index contributed by atoms with van der Waals surface area (Å²) in [7, 11) is 0. The molecule has 0 spiro atoms. The molecule has 1 heterocycles.